The first kappa shape index (κ1) is 17.0. The van der Waals surface area contributed by atoms with Crippen LogP contribution in [0.3, 0.4) is 0 Å². The molecule has 116 valence electrons. The van der Waals surface area contributed by atoms with Gasteiger partial charge in [0.2, 0.25) is 0 Å². The summed E-state index contributed by atoms with van der Waals surface area (Å²) in [5.41, 5.74) is 0.104. The molecular formula is C16H23NO4. The molecule has 0 aromatic heterocycles. The summed E-state index contributed by atoms with van der Waals surface area (Å²) in [5.74, 6) is 0.672. The lowest BCUT2D eigenvalue weighted by molar-refractivity contribution is 0.0636. The fourth-order valence-corrected chi connectivity index (χ4v) is 1.46. The SMILES string of the molecule is COC/C=C/COc1cccc(NC(=O)OC(C)(C)C)c1. The van der Waals surface area contributed by atoms with Crippen LogP contribution in [-0.4, -0.2) is 32.0 Å². The van der Waals surface area contributed by atoms with Crippen molar-refractivity contribution >= 4 is 11.8 Å². The van der Waals surface area contributed by atoms with E-state index in [0.29, 0.717) is 24.7 Å². The van der Waals surface area contributed by atoms with Gasteiger partial charge < -0.3 is 14.2 Å². The number of carbonyl (C=O) groups is 1. The van der Waals surface area contributed by atoms with Crippen LogP contribution in [0.1, 0.15) is 20.8 Å². The molecule has 0 heterocycles. The number of ether oxygens (including phenoxy) is 3. The summed E-state index contributed by atoms with van der Waals surface area (Å²) in [6.07, 6.45) is 3.26. The van der Waals surface area contributed by atoms with E-state index in [9.17, 15) is 4.79 Å². The van der Waals surface area contributed by atoms with Crippen LogP contribution in [0.4, 0.5) is 10.5 Å². The van der Waals surface area contributed by atoms with Gasteiger partial charge in [-0.15, -0.1) is 0 Å². The Morgan fingerprint density at radius 2 is 1.95 bits per heavy atom. The van der Waals surface area contributed by atoms with Gasteiger partial charge >= 0.3 is 6.09 Å². The summed E-state index contributed by atoms with van der Waals surface area (Å²) in [6.45, 7) is 6.46. The Morgan fingerprint density at radius 1 is 1.24 bits per heavy atom. The smallest absolute Gasteiger partial charge is 0.412 e. The quantitative estimate of drug-likeness (QED) is 0.814. The highest BCUT2D eigenvalue weighted by molar-refractivity contribution is 5.85. The van der Waals surface area contributed by atoms with Crippen LogP contribution in [-0.2, 0) is 9.47 Å². The second kappa shape index (κ2) is 8.32. The normalized spacial score (nSPS) is 11.4. The van der Waals surface area contributed by atoms with Gasteiger partial charge in [-0.1, -0.05) is 12.1 Å². The van der Waals surface area contributed by atoms with Crippen LogP contribution < -0.4 is 10.1 Å². The molecule has 0 radical (unpaired) electrons. The average molecular weight is 293 g/mol. The lowest BCUT2D eigenvalue weighted by atomic mass is 10.2. The number of amides is 1. The van der Waals surface area contributed by atoms with Crippen LogP contribution in [0.2, 0.25) is 0 Å². The summed E-state index contributed by atoms with van der Waals surface area (Å²) in [7, 11) is 1.64. The highest BCUT2D eigenvalue weighted by Gasteiger charge is 2.16. The van der Waals surface area contributed by atoms with E-state index in [1.165, 1.54) is 0 Å². The third-order valence-corrected chi connectivity index (χ3v) is 2.26. The van der Waals surface area contributed by atoms with Crippen molar-refractivity contribution in [3.8, 4) is 5.75 Å². The molecule has 0 saturated heterocycles. The van der Waals surface area contributed by atoms with Crippen LogP contribution in [0.5, 0.6) is 5.75 Å². The molecule has 5 heteroatoms. The molecule has 0 fully saturated rings. The highest BCUT2D eigenvalue weighted by atomic mass is 16.6. The van der Waals surface area contributed by atoms with Gasteiger partial charge in [0.25, 0.3) is 0 Å². The first-order valence-corrected chi connectivity index (χ1v) is 6.77. The van der Waals surface area contributed by atoms with Gasteiger partial charge in [-0.25, -0.2) is 4.79 Å². The van der Waals surface area contributed by atoms with Gasteiger partial charge in [0.15, 0.2) is 0 Å². The minimum atomic E-state index is -0.523. The fraction of sp³-hybridized carbons (Fsp3) is 0.438. The molecule has 1 amide bonds. The Morgan fingerprint density at radius 3 is 2.62 bits per heavy atom. The summed E-state index contributed by atoms with van der Waals surface area (Å²) in [6, 6.07) is 7.15. The molecule has 0 spiro atoms. The van der Waals surface area contributed by atoms with E-state index in [0.717, 1.165) is 0 Å². The van der Waals surface area contributed by atoms with Crippen molar-refractivity contribution in [1.29, 1.82) is 0 Å². The van der Waals surface area contributed by atoms with Crippen molar-refractivity contribution < 1.29 is 19.0 Å². The molecule has 0 saturated carbocycles. The van der Waals surface area contributed by atoms with E-state index in [-0.39, 0.29) is 0 Å². The number of nitrogens with one attached hydrogen (secondary N) is 1. The lowest BCUT2D eigenvalue weighted by Crippen LogP contribution is -2.27. The zero-order chi connectivity index (χ0) is 15.7. The zero-order valence-corrected chi connectivity index (χ0v) is 13.0. The second-order valence-electron chi connectivity index (χ2n) is 5.39. The topological polar surface area (TPSA) is 56.8 Å². The van der Waals surface area contributed by atoms with E-state index < -0.39 is 11.7 Å². The Labute approximate surface area is 125 Å². The molecule has 0 unspecified atom stereocenters. The van der Waals surface area contributed by atoms with Gasteiger partial charge in [-0.05, 0) is 39.0 Å². The van der Waals surface area contributed by atoms with Crippen LogP contribution in [0.25, 0.3) is 0 Å². The first-order valence-electron chi connectivity index (χ1n) is 6.77. The third-order valence-electron chi connectivity index (χ3n) is 2.26. The van der Waals surface area contributed by atoms with E-state index in [1.807, 2.05) is 39.0 Å². The van der Waals surface area contributed by atoms with E-state index >= 15 is 0 Å². The van der Waals surface area contributed by atoms with Crippen LogP contribution in [0.15, 0.2) is 36.4 Å². The van der Waals surface area contributed by atoms with Crippen molar-refractivity contribution in [2.24, 2.45) is 0 Å². The summed E-state index contributed by atoms with van der Waals surface area (Å²) in [4.78, 5) is 11.7. The molecule has 1 N–H and O–H groups in total. The van der Waals surface area contributed by atoms with E-state index in [1.54, 1.807) is 25.3 Å². The first-order chi connectivity index (χ1) is 9.90. The van der Waals surface area contributed by atoms with Crippen molar-refractivity contribution in [3.63, 3.8) is 0 Å². The maximum Gasteiger partial charge on any atom is 0.412 e. The predicted molar refractivity (Wildman–Crippen MR) is 82.8 cm³/mol. The number of methoxy groups -OCH3 is 1. The van der Waals surface area contributed by atoms with Crippen molar-refractivity contribution in [2.75, 3.05) is 25.6 Å². The molecule has 1 aromatic carbocycles. The fourth-order valence-electron chi connectivity index (χ4n) is 1.46. The highest BCUT2D eigenvalue weighted by Crippen LogP contribution is 2.18. The monoisotopic (exact) mass is 293 g/mol. The molecule has 1 rings (SSSR count). The minimum Gasteiger partial charge on any atom is -0.489 e. The number of anilines is 1. The van der Waals surface area contributed by atoms with Crippen molar-refractivity contribution in [3.05, 3.63) is 36.4 Å². The van der Waals surface area contributed by atoms with Gasteiger partial charge in [-0.2, -0.15) is 0 Å². The maximum absolute atomic E-state index is 11.7. The molecule has 1 aromatic rings. The summed E-state index contributed by atoms with van der Waals surface area (Å²) < 4.78 is 15.6. The van der Waals surface area contributed by atoms with Gasteiger partial charge in [0.1, 0.15) is 18.0 Å². The maximum atomic E-state index is 11.7. The van der Waals surface area contributed by atoms with E-state index in [2.05, 4.69) is 5.32 Å². The molecular weight excluding hydrogens is 270 g/mol. The molecule has 0 aliphatic carbocycles. The summed E-state index contributed by atoms with van der Waals surface area (Å²) in [5, 5.41) is 2.67. The van der Waals surface area contributed by atoms with Gasteiger partial charge in [-0.3, -0.25) is 5.32 Å². The zero-order valence-electron chi connectivity index (χ0n) is 13.0. The Bertz CT molecular complexity index is 477. The van der Waals surface area contributed by atoms with Crippen LogP contribution in [0, 0.1) is 0 Å². The number of hydrogen-bond acceptors (Lipinski definition) is 4. The van der Waals surface area contributed by atoms with Gasteiger partial charge in [0, 0.05) is 18.9 Å². The molecule has 0 atom stereocenters. The Hall–Kier alpha value is -2.01. The number of rotatable bonds is 6. The predicted octanol–water partition coefficient (Wildman–Crippen LogP) is 3.62. The number of benzene rings is 1. The van der Waals surface area contributed by atoms with Crippen LogP contribution >= 0.6 is 0 Å². The van der Waals surface area contributed by atoms with Crippen molar-refractivity contribution in [1.82, 2.24) is 0 Å². The second-order valence-corrected chi connectivity index (χ2v) is 5.39. The Balaban J connectivity index is 2.50. The molecule has 0 bridgehead atoms. The third kappa shape index (κ3) is 7.99. The summed E-state index contributed by atoms with van der Waals surface area (Å²) >= 11 is 0. The largest absolute Gasteiger partial charge is 0.489 e. The van der Waals surface area contributed by atoms with Crippen molar-refractivity contribution in [2.45, 2.75) is 26.4 Å². The average Bonchev–Trinajstić information content (AvgIpc) is 2.36. The number of carbonyl (C=O) groups excluding carboxylic acids is 1. The minimum absolute atomic E-state index is 0.444. The lowest BCUT2D eigenvalue weighted by Gasteiger charge is -2.19. The van der Waals surface area contributed by atoms with Gasteiger partial charge in [0.05, 0.1) is 6.61 Å². The Kier molecular flexibility index (Phi) is 6.75. The molecule has 0 aliphatic heterocycles. The number of hydrogen-bond donors (Lipinski definition) is 1. The van der Waals surface area contributed by atoms with E-state index in [4.69, 9.17) is 14.2 Å². The molecule has 0 aliphatic rings. The standard InChI is InChI=1S/C16H23NO4/c1-16(2,3)21-15(18)17-13-8-7-9-14(12-13)20-11-6-5-10-19-4/h5-9,12H,10-11H2,1-4H3,(H,17,18)/b6-5+. The molecule has 21 heavy (non-hydrogen) atoms. The molecule has 5 nitrogen and oxygen atoms in total.